The van der Waals surface area contributed by atoms with Crippen LogP contribution < -0.4 is 15.5 Å². The van der Waals surface area contributed by atoms with Crippen molar-refractivity contribution in [1.29, 1.82) is 0 Å². The third-order valence-corrected chi connectivity index (χ3v) is 3.43. The molecule has 2 N–H and O–H groups in total. The molecule has 1 heterocycles. The number of halogens is 1. The Labute approximate surface area is 147 Å². The van der Waals surface area contributed by atoms with E-state index < -0.39 is 5.91 Å². The fraction of sp³-hybridized carbons (Fsp3) is 0.125. The van der Waals surface area contributed by atoms with E-state index in [1.54, 1.807) is 31.4 Å². The summed E-state index contributed by atoms with van der Waals surface area (Å²) in [5, 5.41) is 6.35. The predicted molar refractivity (Wildman–Crippen MR) is 93.0 cm³/mol. The minimum absolute atomic E-state index is 0.186. The van der Waals surface area contributed by atoms with Crippen LogP contribution in [0.4, 0.5) is 0 Å². The molecule has 0 aliphatic carbocycles. The summed E-state index contributed by atoms with van der Waals surface area (Å²) in [4.78, 5) is 27.3. The van der Waals surface area contributed by atoms with Crippen molar-refractivity contribution in [3.63, 3.8) is 0 Å². The first kappa shape index (κ1) is 17.6. The third kappa shape index (κ3) is 5.17. The van der Waals surface area contributed by atoms with E-state index >= 15 is 0 Å². The van der Waals surface area contributed by atoms with Crippen molar-refractivity contribution in [3.05, 3.63) is 58.3 Å². The average Bonchev–Trinajstić information content (AvgIpc) is 2.60. The van der Waals surface area contributed by atoms with E-state index in [2.05, 4.69) is 36.8 Å². The summed E-state index contributed by atoms with van der Waals surface area (Å²) in [6.07, 6.45) is 4.47. The highest BCUT2D eigenvalue weighted by Gasteiger charge is 2.07. The minimum atomic E-state index is -0.442. The SMILES string of the molecule is COc1ccc(Br)cc1C=NNC(=O)CNC(=O)c1ccncc1. The van der Waals surface area contributed by atoms with E-state index in [1.165, 1.54) is 18.6 Å². The van der Waals surface area contributed by atoms with Gasteiger partial charge in [0, 0.05) is 28.0 Å². The van der Waals surface area contributed by atoms with Crippen LogP contribution in [0.2, 0.25) is 0 Å². The molecular weight excluding hydrogens is 376 g/mol. The molecule has 0 aliphatic heterocycles. The van der Waals surface area contributed by atoms with Crippen LogP contribution in [-0.2, 0) is 4.79 Å². The van der Waals surface area contributed by atoms with Gasteiger partial charge in [0.2, 0.25) is 0 Å². The van der Waals surface area contributed by atoms with E-state index in [-0.39, 0.29) is 12.5 Å². The van der Waals surface area contributed by atoms with Crippen molar-refractivity contribution in [2.24, 2.45) is 5.10 Å². The molecular formula is C16H15BrN4O3. The fourth-order valence-corrected chi connectivity index (χ4v) is 2.16. The molecule has 1 aromatic heterocycles. The topological polar surface area (TPSA) is 92.7 Å². The van der Waals surface area contributed by atoms with E-state index in [1.807, 2.05) is 6.07 Å². The second-order valence-electron chi connectivity index (χ2n) is 4.60. The molecule has 0 aliphatic rings. The Balaban J connectivity index is 1.85. The quantitative estimate of drug-likeness (QED) is 0.580. The molecule has 2 aromatic rings. The van der Waals surface area contributed by atoms with Crippen molar-refractivity contribution >= 4 is 34.0 Å². The highest BCUT2D eigenvalue weighted by Crippen LogP contribution is 2.21. The molecule has 1 aromatic carbocycles. The van der Waals surface area contributed by atoms with Crippen LogP contribution >= 0.6 is 15.9 Å². The standard InChI is InChI=1S/C16H15BrN4O3/c1-24-14-3-2-13(17)8-12(14)9-20-21-15(22)10-19-16(23)11-4-6-18-7-5-11/h2-9H,10H2,1H3,(H,19,23)(H,21,22). The zero-order valence-electron chi connectivity index (χ0n) is 12.8. The molecule has 0 radical (unpaired) electrons. The number of pyridine rings is 1. The van der Waals surface area contributed by atoms with Gasteiger partial charge in [0.15, 0.2) is 0 Å². The van der Waals surface area contributed by atoms with Gasteiger partial charge in [-0.15, -0.1) is 0 Å². The molecule has 0 fully saturated rings. The largest absolute Gasteiger partial charge is 0.496 e. The van der Waals surface area contributed by atoms with Crippen LogP contribution in [-0.4, -0.2) is 36.7 Å². The summed E-state index contributed by atoms with van der Waals surface area (Å²) in [5.74, 6) is -0.171. The molecule has 2 amide bonds. The molecule has 0 spiro atoms. The number of hydrazone groups is 1. The van der Waals surface area contributed by atoms with Crippen LogP contribution in [0.1, 0.15) is 15.9 Å². The van der Waals surface area contributed by atoms with Crippen molar-refractivity contribution in [2.45, 2.75) is 0 Å². The van der Waals surface area contributed by atoms with Gasteiger partial charge >= 0.3 is 0 Å². The molecule has 0 unspecified atom stereocenters. The Hall–Kier alpha value is -2.74. The second kappa shape index (κ2) is 8.78. The number of benzene rings is 1. The maximum atomic E-state index is 11.8. The number of ether oxygens (including phenoxy) is 1. The van der Waals surface area contributed by atoms with Gasteiger partial charge in [0.1, 0.15) is 5.75 Å². The Kier molecular flexibility index (Phi) is 6.44. The highest BCUT2D eigenvalue weighted by molar-refractivity contribution is 9.10. The summed E-state index contributed by atoms with van der Waals surface area (Å²) in [5.41, 5.74) is 3.47. The monoisotopic (exact) mass is 390 g/mol. The van der Waals surface area contributed by atoms with Crippen molar-refractivity contribution < 1.29 is 14.3 Å². The van der Waals surface area contributed by atoms with Gasteiger partial charge in [-0.1, -0.05) is 15.9 Å². The van der Waals surface area contributed by atoms with Crippen LogP contribution in [0, 0.1) is 0 Å². The molecule has 0 saturated carbocycles. The van der Waals surface area contributed by atoms with E-state index in [4.69, 9.17) is 4.74 Å². The molecule has 8 heteroatoms. The van der Waals surface area contributed by atoms with Crippen molar-refractivity contribution in [3.8, 4) is 5.75 Å². The number of amides is 2. The number of nitrogens with zero attached hydrogens (tertiary/aromatic N) is 2. The second-order valence-corrected chi connectivity index (χ2v) is 5.51. The molecule has 24 heavy (non-hydrogen) atoms. The Bertz CT molecular complexity index is 750. The van der Waals surface area contributed by atoms with Gasteiger partial charge in [0.25, 0.3) is 11.8 Å². The van der Waals surface area contributed by atoms with Gasteiger partial charge in [-0.2, -0.15) is 5.10 Å². The summed E-state index contributed by atoms with van der Waals surface area (Å²) >= 11 is 3.35. The summed E-state index contributed by atoms with van der Waals surface area (Å²) in [6.45, 7) is -0.186. The highest BCUT2D eigenvalue weighted by atomic mass is 79.9. The molecule has 0 atom stereocenters. The number of carbonyl (C=O) groups excluding carboxylic acids is 2. The molecule has 2 rings (SSSR count). The third-order valence-electron chi connectivity index (χ3n) is 2.94. The zero-order valence-corrected chi connectivity index (χ0v) is 14.4. The molecule has 124 valence electrons. The average molecular weight is 391 g/mol. The smallest absolute Gasteiger partial charge is 0.259 e. The fourth-order valence-electron chi connectivity index (χ4n) is 1.79. The number of hydrogen-bond donors (Lipinski definition) is 2. The number of rotatable bonds is 6. The molecule has 0 bridgehead atoms. The maximum absolute atomic E-state index is 11.8. The number of methoxy groups -OCH3 is 1. The van der Waals surface area contributed by atoms with E-state index in [9.17, 15) is 9.59 Å². The number of carbonyl (C=O) groups is 2. The number of aromatic nitrogens is 1. The minimum Gasteiger partial charge on any atom is -0.496 e. The molecule has 7 nitrogen and oxygen atoms in total. The van der Waals surface area contributed by atoms with Gasteiger partial charge < -0.3 is 10.1 Å². The first-order chi connectivity index (χ1) is 11.6. The van der Waals surface area contributed by atoms with Gasteiger partial charge in [-0.05, 0) is 30.3 Å². The van der Waals surface area contributed by atoms with Crippen LogP contribution in [0.3, 0.4) is 0 Å². The Morgan fingerprint density at radius 2 is 2.04 bits per heavy atom. The zero-order chi connectivity index (χ0) is 17.4. The number of hydrogen-bond acceptors (Lipinski definition) is 5. The summed E-state index contributed by atoms with van der Waals surface area (Å²) < 4.78 is 6.06. The maximum Gasteiger partial charge on any atom is 0.259 e. The number of nitrogens with one attached hydrogen (secondary N) is 2. The van der Waals surface area contributed by atoms with Crippen molar-refractivity contribution in [2.75, 3.05) is 13.7 Å². The summed E-state index contributed by atoms with van der Waals surface area (Å²) in [7, 11) is 1.55. The van der Waals surface area contributed by atoms with Gasteiger partial charge in [0.05, 0.1) is 19.9 Å². The van der Waals surface area contributed by atoms with Crippen molar-refractivity contribution in [1.82, 2.24) is 15.7 Å². The van der Waals surface area contributed by atoms with Gasteiger partial charge in [-0.25, -0.2) is 5.43 Å². The predicted octanol–water partition coefficient (Wildman–Crippen LogP) is 1.73. The van der Waals surface area contributed by atoms with Crippen LogP contribution in [0.15, 0.2) is 52.3 Å². The first-order valence-corrected chi connectivity index (χ1v) is 7.73. The van der Waals surface area contributed by atoms with Crippen LogP contribution in [0.5, 0.6) is 5.75 Å². The van der Waals surface area contributed by atoms with E-state index in [0.29, 0.717) is 16.9 Å². The lowest BCUT2D eigenvalue weighted by molar-refractivity contribution is -0.120. The lowest BCUT2D eigenvalue weighted by Gasteiger charge is -2.05. The lowest BCUT2D eigenvalue weighted by atomic mass is 10.2. The van der Waals surface area contributed by atoms with Gasteiger partial charge in [-0.3, -0.25) is 14.6 Å². The van der Waals surface area contributed by atoms with Crippen LogP contribution in [0.25, 0.3) is 0 Å². The Morgan fingerprint density at radius 1 is 1.29 bits per heavy atom. The lowest BCUT2D eigenvalue weighted by Crippen LogP contribution is -2.34. The first-order valence-electron chi connectivity index (χ1n) is 6.94. The summed E-state index contributed by atoms with van der Waals surface area (Å²) in [6, 6.07) is 8.54. The van der Waals surface area contributed by atoms with E-state index in [0.717, 1.165) is 4.47 Å². The Morgan fingerprint density at radius 3 is 2.75 bits per heavy atom. The molecule has 0 saturated heterocycles. The normalized spacial score (nSPS) is 10.4.